The highest BCUT2D eigenvalue weighted by atomic mass is 16.6. The smallest absolute Gasteiger partial charge is 0.312 e. The molecule has 113 heavy (non-hydrogen) atoms. The molecule has 9 aliphatic rings. The van der Waals surface area contributed by atoms with Gasteiger partial charge in [0.05, 0.1) is 27.1 Å². The van der Waals surface area contributed by atoms with Crippen LogP contribution in [0, 0.1) is 62.6 Å². The molecule has 0 aromatic heterocycles. The van der Waals surface area contributed by atoms with Gasteiger partial charge in [0, 0.05) is 11.8 Å². The fourth-order valence-corrected chi connectivity index (χ4v) is 19.1. The first-order valence-electron chi connectivity index (χ1n) is 44.6. The van der Waals surface area contributed by atoms with Crippen molar-refractivity contribution in [2.45, 2.75) is 344 Å². The van der Waals surface area contributed by atoms with Crippen molar-refractivity contribution in [2.24, 2.45) is 62.6 Å². The Balaban J connectivity index is 0.000000162. The molecule has 10 heteroatoms. The van der Waals surface area contributed by atoms with Gasteiger partial charge in [-0.1, -0.05) is 239 Å². The van der Waals surface area contributed by atoms with Crippen LogP contribution in [-0.2, 0) is 75.7 Å². The second kappa shape index (κ2) is 39.3. The summed E-state index contributed by atoms with van der Waals surface area (Å²) in [6, 6.07) is 48.0. The first kappa shape index (κ1) is 89.9. The zero-order valence-corrected chi connectivity index (χ0v) is 72.7. The SMILES string of the molecule is C=Cc1cccc(C2(OC(=O)C(C)(C)CC)CCCC2)c1.C=Cc1cccc(C2(OC(=O)C(C)(C)CC)CCCCC2)c1.CCC(C)(C)C(=O)OC1(c2ccccc2)C2CC3CC(C2)CC1C3.CCC(C)(C)C(=O)OC1(c2ccccc2)CCC2CCCCC2C1.CCC(C)(C)C(=O)OC1(c2ccccc2)CCCCCCC1. The first-order valence-corrected chi connectivity index (χ1v) is 44.6. The van der Waals surface area contributed by atoms with Gasteiger partial charge in [-0.15, -0.1) is 0 Å². The summed E-state index contributed by atoms with van der Waals surface area (Å²) in [4.78, 5) is 63.8. The lowest BCUT2D eigenvalue weighted by Gasteiger charge is -2.60. The average molecular weight is 1540 g/mol. The highest BCUT2D eigenvalue weighted by molar-refractivity contribution is 5.79. The molecular weight excluding hydrogens is 1400 g/mol. The van der Waals surface area contributed by atoms with E-state index in [1.807, 2.05) is 132 Å². The molecular formula is C103H146O10. The third kappa shape index (κ3) is 21.8. The molecule has 618 valence electrons. The Bertz CT molecular complexity index is 3840. The van der Waals surface area contributed by atoms with Gasteiger partial charge in [-0.2, -0.15) is 0 Å². The largest absolute Gasteiger partial charge is 0.454 e. The Morgan fingerprint density at radius 2 is 0.619 bits per heavy atom. The van der Waals surface area contributed by atoms with Crippen LogP contribution in [0.5, 0.6) is 0 Å². The van der Waals surface area contributed by atoms with Crippen molar-refractivity contribution in [1.82, 2.24) is 0 Å². The Morgan fingerprint density at radius 1 is 0.327 bits per heavy atom. The van der Waals surface area contributed by atoms with Gasteiger partial charge in [0.1, 0.15) is 28.0 Å². The molecule has 14 rings (SSSR count). The topological polar surface area (TPSA) is 132 Å². The summed E-state index contributed by atoms with van der Waals surface area (Å²) >= 11 is 0. The maximum Gasteiger partial charge on any atom is 0.312 e. The molecule has 5 aromatic rings. The maximum absolute atomic E-state index is 13.0. The van der Waals surface area contributed by atoms with E-state index in [-0.39, 0.29) is 35.4 Å². The van der Waals surface area contributed by atoms with Crippen molar-refractivity contribution in [2.75, 3.05) is 0 Å². The number of rotatable bonds is 22. The minimum atomic E-state index is -0.458. The van der Waals surface area contributed by atoms with Crippen molar-refractivity contribution in [3.8, 4) is 0 Å². The predicted molar refractivity (Wildman–Crippen MR) is 462 cm³/mol. The molecule has 4 bridgehead atoms. The van der Waals surface area contributed by atoms with Crippen molar-refractivity contribution < 1.29 is 47.7 Å². The molecule has 0 heterocycles. The number of hydrogen-bond acceptors (Lipinski definition) is 10. The highest BCUT2D eigenvalue weighted by Crippen LogP contribution is 2.64. The summed E-state index contributed by atoms with van der Waals surface area (Å²) < 4.78 is 31.3. The van der Waals surface area contributed by atoms with Gasteiger partial charge >= 0.3 is 29.8 Å². The first-order chi connectivity index (χ1) is 53.8. The van der Waals surface area contributed by atoms with E-state index in [1.54, 1.807) is 0 Å². The molecule has 3 unspecified atom stereocenters. The zero-order valence-electron chi connectivity index (χ0n) is 72.7. The molecule has 9 saturated carbocycles. The fraction of sp³-hybridized carbons (Fsp3) is 0.621. The molecule has 0 N–H and O–H groups in total. The van der Waals surface area contributed by atoms with Crippen LogP contribution in [0.2, 0.25) is 0 Å². The van der Waals surface area contributed by atoms with E-state index in [2.05, 4.69) is 137 Å². The Hall–Kier alpha value is -7.07. The molecule has 3 atom stereocenters. The van der Waals surface area contributed by atoms with Crippen LogP contribution >= 0.6 is 0 Å². The van der Waals surface area contributed by atoms with Crippen molar-refractivity contribution in [3.63, 3.8) is 0 Å². The minimum Gasteiger partial charge on any atom is -0.454 e. The van der Waals surface area contributed by atoms with Gasteiger partial charge in [0.2, 0.25) is 0 Å². The van der Waals surface area contributed by atoms with Crippen LogP contribution in [0.15, 0.2) is 153 Å². The Morgan fingerprint density at radius 3 is 0.982 bits per heavy atom. The van der Waals surface area contributed by atoms with Crippen LogP contribution in [0.4, 0.5) is 0 Å². The Kier molecular flexibility index (Phi) is 31.2. The quantitative estimate of drug-likeness (QED) is 0.0487. The van der Waals surface area contributed by atoms with Crippen molar-refractivity contribution in [1.29, 1.82) is 0 Å². The number of carbonyl (C=O) groups excluding carboxylic acids is 5. The van der Waals surface area contributed by atoms with E-state index in [0.29, 0.717) is 17.8 Å². The van der Waals surface area contributed by atoms with E-state index in [0.717, 1.165) is 168 Å². The zero-order chi connectivity index (χ0) is 81.9. The molecule has 10 nitrogen and oxygen atoms in total. The number of fused-ring (bicyclic) bond motifs is 1. The minimum absolute atomic E-state index is 0.0127. The van der Waals surface area contributed by atoms with Gasteiger partial charge in [0.25, 0.3) is 0 Å². The molecule has 9 fully saturated rings. The van der Waals surface area contributed by atoms with Crippen LogP contribution in [-0.4, -0.2) is 29.8 Å². The fourth-order valence-electron chi connectivity index (χ4n) is 19.1. The normalized spacial score (nSPS) is 24.8. The second-order valence-electron chi connectivity index (χ2n) is 38.5. The average Bonchev–Trinajstić information content (AvgIpc) is 0.878. The van der Waals surface area contributed by atoms with Gasteiger partial charge in [-0.05, 0) is 305 Å². The molecule has 9 aliphatic carbocycles. The van der Waals surface area contributed by atoms with E-state index in [4.69, 9.17) is 23.7 Å². The number of benzene rings is 5. The molecule has 0 radical (unpaired) electrons. The summed E-state index contributed by atoms with van der Waals surface area (Å²) in [5, 5.41) is 0. The maximum atomic E-state index is 13.0. The van der Waals surface area contributed by atoms with E-state index in [1.165, 1.54) is 101 Å². The van der Waals surface area contributed by atoms with Crippen LogP contribution in [0.3, 0.4) is 0 Å². The van der Waals surface area contributed by atoms with Gasteiger partial charge < -0.3 is 23.7 Å². The van der Waals surface area contributed by atoms with Crippen LogP contribution in [0.1, 0.15) is 355 Å². The van der Waals surface area contributed by atoms with Gasteiger partial charge in [-0.25, -0.2) is 0 Å². The van der Waals surface area contributed by atoms with Gasteiger partial charge in [-0.3, -0.25) is 24.0 Å². The number of hydrogen-bond donors (Lipinski definition) is 0. The molecule has 0 saturated heterocycles. The molecule has 0 spiro atoms. The van der Waals surface area contributed by atoms with Crippen molar-refractivity contribution in [3.05, 3.63) is 192 Å². The van der Waals surface area contributed by atoms with Crippen LogP contribution in [0.25, 0.3) is 12.2 Å². The lowest BCUT2D eigenvalue weighted by Crippen LogP contribution is -2.58. The summed E-state index contributed by atoms with van der Waals surface area (Å²) in [7, 11) is 0. The standard InChI is InChI=1S/C22H30O2.C22H32O2.C20H28O2.C20H30O2.C19H26O2/c1-4-21(2,3)20(23)24-22(17-8-6-5-7-9-17)18-11-15-10-16(13-18)14-19(22)12-15;1-4-21(2,3)20(23)24-22(19-12-6-5-7-13-19)15-14-17-10-8-9-11-18(17)16-22;1-5-16-11-10-12-17(15-16)20(13-8-7-9-14-20)22-18(21)19(3,4)6-2;1-4-19(2,3)18(21)22-20(17-13-9-8-10-14-17)15-11-6-5-7-12-16-20;1-5-15-10-9-11-16(14-15)19(12-7-8-13-19)21-17(20)18(3,4)6-2/h5-9,15-16,18-19H,4,10-14H2,1-3H3;5-7,12-13,17-18H,4,8-11,14-16H2,1-3H3;5,10-12,15H,1,6-9,13-14H2,2-4H3;8-10,13-14H,4-7,11-12,15-16H2,1-3H3;5,9-11,14H,1,6-8,12-13H2,2-4H3. The van der Waals surface area contributed by atoms with E-state index < -0.39 is 49.5 Å². The third-order valence-electron chi connectivity index (χ3n) is 28.9. The Labute approximate surface area is 683 Å². The van der Waals surface area contributed by atoms with E-state index in [9.17, 15) is 24.0 Å². The van der Waals surface area contributed by atoms with Crippen LogP contribution < -0.4 is 0 Å². The molecule has 5 aromatic carbocycles. The third-order valence-corrected chi connectivity index (χ3v) is 28.9. The molecule has 0 amide bonds. The summed E-state index contributed by atoms with van der Waals surface area (Å²) in [6.45, 7) is 37.8. The highest BCUT2D eigenvalue weighted by Gasteiger charge is 2.61. The lowest BCUT2D eigenvalue weighted by molar-refractivity contribution is -0.222. The monoisotopic (exact) mass is 1540 g/mol. The summed E-state index contributed by atoms with van der Waals surface area (Å²) in [5.74, 6) is 4.02. The van der Waals surface area contributed by atoms with Gasteiger partial charge in [0.15, 0.2) is 0 Å². The summed E-state index contributed by atoms with van der Waals surface area (Å²) in [6.07, 6.45) is 39.9. The number of esters is 5. The van der Waals surface area contributed by atoms with Crippen molar-refractivity contribution >= 4 is 42.0 Å². The lowest BCUT2D eigenvalue weighted by atomic mass is 9.48. The van der Waals surface area contributed by atoms with E-state index >= 15 is 0 Å². The second-order valence-corrected chi connectivity index (χ2v) is 38.5. The predicted octanol–water partition coefficient (Wildman–Crippen LogP) is 27.3. The summed E-state index contributed by atoms with van der Waals surface area (Å²) in [5.41, 5.74) is 3.76. The number of ether oxygens (including phenoxy) is 5. The molecule has 0 aliphatic heterocycles. The number of carbonyl (C=O) groups is 5.